The normalized spacial score (nSPS) is 10.9. The van der Waals surface area contributed by atoms with E-state index in [4.69, 9.17) is 0 Å². The predicted octanol–water partition coefficient (Wildman–Crippen LogP) is 5.35. The van der Waals surface area contributed by atoms with Crippen LogP contribution < -0.4 is 4.57 Å². The molecule has 0 unspecified atom stereocenters. The first-order valence-electron chi connectivity index (χ1n) is 8.99. The van der Waals surface area contributed by atoms with Crippen molar-refractivity contribution in [3.63, 3.8) is 0 Å². The molecule has 4 aromatic rings. The summed E-state index contributed by atoms with van der Waals surface area (Å²) in [7, 11) is 0. The summed E-state index contributed by atoms with van der Waals surface area (Å²) in [6.07, 6.45) is 0. The van der Waals surface area contributed by atoms with E-state index < -0.39 is 0 Å². The van der Waals surface area contributed by atoms with Gasteiger partial charge in [0.25, 0.3) is 5.82 Å². The standard InChI is InChI=1S/C24H23N2/c1-18-12-10-11-17-23(18)26-20(3)19(2)25(22-15-8-5-9-16-22)24(26)21-13-6-4-7-14-21/h4-17H,1-3H3/q+1. The van der Waals surface area contributed by atoms with Gasteiger partial charge in [-0.15, -0.1) is 0 Å². The average molecular weight is 339 g/mol. The van der Waals surface area contributed by atoms with Gasteiger partial charge in [-0.05, 0) is 42.8 Å². The largest absolute Gasteiger partial charge is 0.299 e. The zero-order valence-corrected chi connectivity index (χ0v) is 15.5. The van der Waals surface area contributed by atoms with Gasteiger partial charge in [0.05, 0.1) is 5.56 Å². The van der Waals surface area contributed by atoms with Crippen LogP contribution in [0.1, 0.15) is 17.0 Å². The molecule has 0 saturated carbocycles. The van der Waals surface area contributed by atoms with Gasteiger partial charge in [-0.2, -0.15) is 9.13 Å². The van der Waals surface area contributed by atoms with Gasteiger partial charge in [0.1, 0.15) is 22.8 Å². The van der Waals surface area contributed by atoms with Crippen LogP contribution in [0.2, 0.25) is 0 Å². The molecule has 4 rings (SSSR count). The van der Waals surface area contributed by atoms with E-state index in [0.717, 1.165) is 0 Å². The van der Waals surface area contributed by atoms with Crippen molar-refractivity contribution < 1.29 is 4.57 Å². The molecule has 0 saturated heterocycles. The quantitative estimate of drug-likeness (QED) is 0.445. The summed E-state index contributed by atoms with van der Waals surface area (Å²) in [5, 5.41) is 0. The third kappa shape index (κ3) is 2.64. The molecule has 0 N–H and O–H groups in total. The molecule has 0 atom stereocenters. The first-order chi connectivity index (χ1) is 12.7. The van der Waals surface area contributed by atoms with Gasteiger partial charge in [-0.25, -0.2) is 0 Å². The lowest BCUT2D eigenvalue weighted by Crippen LogP contribution is -2.36. The van der Waals surface area contributed by atoms with Crippen molar-refractivity contribution in [1.29, 1.82) is 0 Å². The van der Waals surface area contributed by atoms with Crippen molar-refractivity contribution in [3.05, 3.63) is 102 Å². The minimum absolute atomic E-state index is 1.18. The Kier molecular flexibility index (Phi) is 4.18. The molecular formula is C24H23N2+. The number of para-hydroxylation sites is 2. The zero-order chi connectivity index (χ0) is 18.1. The van der Waals surface area contributed by atoms with Gasteiger partial charge in [-0.1, -0.05) is 54.6 Å². The molecule has 1 aromatic heterocycles. The van der Waals surface area contributed by atoms with Crippen molar-refractivity contribution in [3.8, 4) is 22.8 Å². The van der Waals surface area contributed by atoms with Gasteiger partial charge in [0.15, 0.2) is 0 Å². The van der Waals surface area contributed by atoms with Gasteiger partial charge >= 0.3 is 0 Å². The maximum Gasteiger partial charge on any atom is 0.299 e. The molecule has 0 bridgehead atoms. The maximum absolute atomic E-state index is 2.38. The van der Waals surface area contributed by atoms with E-state index in [9.17, 15) is 0 Å². The number of imidazole rings is 1. The topological polar surface area (TPSA) is 8.81 Å². The minimum atomic E-state index is 1.18. The van der Waals surface area contributed by atoms with Crippen molar-refractivity contribution in [2.24, 2.45) is 0 Å². The summed E-state index contributed by atoms with van der Waals surface area (Å²) in [5.41, 5.74) is 7.38. The third-order valence-electron chi connectivity index (χ3n) is 5.02. The molecule has 0 radical (unpaired) electrons. The van der Waals surface area contributed by atoms with Crippen LogP contribution in [-0.4, -0.2) is 4.57 Å². The first-order valence-corrected chi connectivity index (χ1v) is 8.99. The average Bonchev–Trinajstić information content (AvgIpc) is 2.95. The Morgan fingerprint density at radius 1 is 0.654 bits per heavy atom. The van der Waals surface area contributed by atoms with Crippen molar-refractivity contribution >= 4 is 0 Å². The van der Waals surface area contributed by atoms with E-state index in [-0.39, 0.29) is 0 Å². The molecule has 3 aromatic carbocycles. The Morgan fingerprint density at radius 3 is 1.88 bits per heavy atom. The highest BCUT2D eigenvalue weighted by Gasteiger charge is 2.30. The second-order valence-electron chi connectivity index (χ2n) is 6.65. The summed E-state index contributed by atoms with van der Waals surface area (Å²) in [5.74, 6) is 1.18. The summed E-state index contributed by atoms with van der Waals surface area (Å²) in [6, 6.07) is 29.8. The van der Waals surface area contributed by atoms with E-state index in [1.807, 2.05) is 0 Å². The monoisotopic (exact) mass is 339 g/mol. The van der Waals surface area contributed by atoms with Crippen LogP contribution in [0.5, 0.6) is 0 Å². The molecule has 0 spiro atoms. The van der Waals surface area contributed by atoms with E-state index >= 15 is 0 Å². The second kappa shape index (κ2) is 6.64. The summed E-state index contributed by atoms with van der Waals surface area (Å²) in [4.78, 5) is 0. The van der Waals surface area contributed by atoms with Gasteiger partial charge < -0.3 is 0 Å². The van der Waals surface area contributed by atoms with Crippen LogP contribution in [0.4, 0.5) is 0 Å². The van der Waals surface area contributed by atoms with E-state index in [2.05, 4.69) is 115 Å². The Labute approximate surface area is 155 Å². The molecule has 2 heteroatoms. The highest BCUT2D eigenvalue weighted by molar-refractivity contribution is 5.58. The fraction of sp³-hybridized carbons (Fsp3) is 0.125. The fourth-order valence-electron chi connectivity index (χ4n) is 3.59. The summed E-state index contributed by atoms with van der Waals surface area (Å²) < 4.78 is 4.74. The SMILES string of the molecule is Cc1ccccc1-[n+]1c(C)c(C)n(-c2ccccc2)c1-c1ccccc1. The van der Waals surface area contributed by atoms with Crippen molar-refractivity contribution in [2.45, 2.75) is 20.8 Å². The van der Waals surface area contributed by atoms with E-state index in [1.165, 1.54) is 39.7 Å². The number of aryl methyl sites for hydroxylation is 1. The molecule has 2 nitrogen and oxygen atoms in total. The summed E-state index contributed by atoms with van der Waals surface area (Å²) >= 11 is 0. The number of hydrogen-bond donors (Lipinski definition) is 0. The number of rotatable bonds is 3. The minimum Gasteiger partial charge on any atom is -0.192 e. The molecule has 0 aliphatic carbocycles. The smallest absolute Gasteiger partial charge is 0.192 e. The molecule has 1 heterocycles. The van der Waals surface area contributed by atoms with Crippen LogP contribution in [0.15, 0.2) is 84.9 Å². The highest BCUT2D eigenvalue weighted by atomic mass is 15.2. The number of benzene rings is 3. The van der Waals surface area contributed by atoms with Crippen LogP contribution in [0, 0.1) is 20.8 Å². The molecular weight excluding hydrogens is 316 g/mol. The van der Waals surface area contributed by atoms with Crippen LogP contribution >= 0.6 is 0 Å². The van der Waals surface area contributed by atoms with Crippen LogP contribution in [0.3, 0.4) is 0 Å². The number of hydrogen-bond acceptors (Lipinski definition) is 0. The van der Waals surface area contributed by atoms with Crippen LogP contribution in [-0.2, 0) is 0 Å². The number of nitrogens with zero attached hydrogens (tertiary/aromatic N) is 2. The summed E-state index contributed by atoms with van der Waals surface area (Å²) in [6.45, 7) is 6.57. The highest BCUT2D eigenvalue weighted by Crippen LogP contribution is 2.27. The van der Waals surface area contributed by atoms with E-state index in [1.54, 1.807) is 0 Å². The Hall–Kier alpha value is -3.13. The Bertz CT molecular complexity index is 1040. The molecule has 0 aliphatic heterocycles. The fourth-order valence-corrected chi connectivity index (χ4v) is 3.59. The number of aromatic nitrogens is 2. The molecule has 0 fully saturated rings. The molecule has 0 aliphatic rings. The van der Waals surface area contributed by atoms with Crippen LogP contribution in [0.25, 0.3) is 22.8 Å². The van der Waals surface area contributed by atoms with Crippen molar-refractivity contribution in [2.75, 3.05) is 0 Å². The first kappa shape index (κ1) is 16.3. The Morgan fingerprint density at radius 2 is 1.23 bits per heavy atom. The van der Waals surface area contributed by atoms with Gasteiger partial charge in [-0.3, -0.25) is 0 Å². The third-order valence-corrected chi connectivity index (χ3v) is 5.02. The lowest BCUT2D eigenvalue weighted by Gasteiger charge is -2.08. The predicted molar refractivity (Wildman–Crippen MR) is 107 cm³/mol. The maximum atomic E-state index is 2.38. The van der Waals surface area contributed by atoms with Gasteiger partial charge in [0.2, 0.25) is 0 Å². The Balaban J connectivity index is 2.12. The van der Waals surface area contributed by atoms with Crippen molar-refractivity contribution in [1.82, 2.24) is 4.57 Å². The van der Waals surface area contributed by atoms with E-state index in [0.29, 0.717) is 0 Å². The molecule has 0 amide bonds. The van der Waals surface area contributed by atoms with Gasteiger partial charge in [0, 0.05) is 13.8 Å². The molecule has 128 valence electrons. The zero-order valence-electron chi connectivity index (χ0n) is 15.5. The lowest BCUT2D eigenvalue weighted by atomic mass is 10.1. The second-order valence-corrected chi connectivity index (χ2v) is 6.65. The molecule has 26 heavy (non-hydrogen) atoms. The lowest BCUT2D eigenvalue weighted by molar-refractivity contribution is -0.590.